The third-order valence-electron chi connectivity index (χ3n) is 16.5. The molecule has 2 amide bonds. The van der Waals surface area contributed by atoms with Crippen LogP contribution in [0.5, 0.6) is 0 Å². The van der Waals surface area contributed by atoms with Crippen LogP contribution in [0.25, 0.3) is 6.08 Å². The number of nitrogens with one attached hydrogen (secondary N) is 3. The van der Waals surface area contributed by atoms with Crippen molar-refractivity contribution in [3.63, 3.8) is 0 Å². The Kier molecular flexibility index (Phi) is 24.1. The lowest BCUT2D eigenvalue weighted by molar-refractivity contribution is -0.164. The fraction of sp³-hybridized carbons (Fsp3) is 0.719. The largest absolute Gasteiger partial charge is 0.481 e. The zero-order valence-corrected chi connectivity index (χ0v) is 54.7. The molecule has 16 nitrogen and oxygen atoms in total. The molecule has 2 fully saturated rings. The summed E-state index contributed by atoms with van der Waals surface area (Å²) < 4.78 is 19.0. The molecular formula is C64H100N4O12S2. The number of thioether (sulfide) groups is 2. The second kappa shape index (κ2) is 28.4. The highest BCUT2D eigenvalue weighted by Crippen LogP contribution is 2.52. The van der Waals surface area contributed by atoms with E-state index in [1.165, 1.54) is 11.8 Å². The molecule has 0 radical (unpaired) electrons. The summed E-state index contributed by atoms with van der Waals surface area (Å²) in [4.78, 5) is 103. The number of H-pyrrole nitrogens is 1. The monoisotopic (exact) mass is 1180 g/mol. The van der Waals surface area contributed by atoms with Crippen molar-refractivity contribution in [2.24, 2.45) is 68.1 Å². The van der Waals surface area contributed by atoms with Crippen molar-refractivity contribution in [2.75, 3.05) is 23.4 Å². The average molecular weight is 1180 g/mol. The summed E-state index contributed by atoms with van der Waals surface area (Å²) in [6.07, 6.45) is 3.82. The van der Waals surface area contributed by atoms with E-state index in [4.69, 9.17) is 19.2 Å². The molecule has 1 aromatic heterocycles. The predicted molar refractivity (Wildman–Crippen MR) is 330 cm³/mol. The van der Waals surface area contributed by atoms with Gasteiger partial charge >= 0.3 is 29.8 Å². The molecule has 0 saturated heterocycles. The number of carboxylic acids is 2. The lowest BCUT2D eigenvalue weighted by Gasteiger charge is -2.50. The molecular weight excluding hydrogens is 1080 g/mol. The topological polar surface area (TPSA) is 240 Å². The van der Waals surface area contributed by atoms with Crippen molar-refractivity contribution >= 4 is 82.9 Å². The van der Waals surface area contributed by atoms with E-state index in [2.05, 4.69) is 119 Å². The number of aromatic amines is 1. The molecule has 4 rings (SSSR count). The molecule has 0 bridgehead atoms. The van der Waals surface area contributed by atoms with Gasteiger partial charge in [0, 0.05) is 47.1 Å². The van der Waals surface area contributed by atoms with E-state index in [1.807, 2.05) is 27.7 Å². The Labute approximate surface area is 498 Å². The lowest BCUT2D eigenvalue weighted by Crippen LogP contribution is -2.50. The highest BCUT2D eigenvalue weighted by Gasteiger charge is 2.51. The van der Waals surface area contributed by atoms with Crippen LogP contribution in [0, 0.1) is 63.1 Å². The van der Waals surface area contributed by atoms with E-state index in [1.54, 1.807) is 19.9 Å². The number of amides is 2. The van der Waals surface area contributed by atoms with Crippen LogP contribution in [0.3, 0.4) is 0 Å². The molecule has 1 aliphatic heterocycles. The first-order chi connectivity index (χ1) is 37.6. The minimum atomic E-state index is -1.25. The summed E-state index contributed by atoms with van der Waals surface area (Å²) in [7, 11) is 0. The van der Waals surface area contributed by atoms with Crippen molar-refractivity contribution in [1.82, 2.24) is 10.3 Å². The Morgan fingerprint density at radius 2 is 1.21 bits per heavy atom. The molecule has 0 spiro atoms. The van der Waals surface area contributed by atoms with Crippen LogP contribution in [0.2, 0.25) is 0 Å². The summed E-state index contributed by atoms with van der Waals surface area (Å²) in [6.45, 7) is 45.4. The van der Waals surface area contributed by atoms with Crippen LogP contribution in [0.4, 0.5) is 5.82 Å². The number of carbonyl (C=O) groups excluding carboxylic acids is 5. The van der Waals surface area contributed by atoms with Gasteiger partial charge in [0.05, 0.1) is 17.4 Å². The van der Waals surface area contributed by atoms with Gasteiger partial charge in [0.15, 0.2) is 0 Å². The number of aliphatic carboxylic acids is 2. The SMILES string of the molecule is C=C(C)C(=O)OCCSC(C)C(=O)NC1=NC(=Cc2[nH]c(NC(=O)CCCSC(CC(=O)O)C(=O)O)c(C(=O)OC3C(C(C)(C)C)CC(C)CC3C(C)(C)C)c2C(C)C)C(C(C)C)=C1C(=O)OC1C(C(C)(C)C)CC(C)CC1C(C)(C)C. The maximum absolute atomic E-state index is 15.4. The molecule has 3 aliphatic rings. The standard InChI is InChI=1S/C64H100N4O12S2/c1-33(2)48-43(65-54(67-46(69)23-22-25-82-45(57(73)74)32-47(70)71)50(48)59(76)79-52-39(61(10,11)12)27-36(7)28-40(52)62(13,14)15)31-44-49(34(3)4)51(55(66-44)68-56(72)38(9)81-26-24-78-58(75)35(5)6)60(77)80-53-41(63(16,17)18)29-37(8)30-42(53)64(19,20)21/h31,33-34,36-42,45,52-53,65H,5,22-30,32H2,1-4,6-21H3,(H,67,69)(H,70,71)(H,73,74)(H,66,68,72). The second-order valence-corrected chi connectivity index (χ2v) is 31.2. The first-order valence-electron chi connectivity index (χ1n) is 29.5. The number of allylic oxidation sites excluding steroid dienone is 1. The molecule has 2 heterocycles. The minimum absolute atomic E-state index is 0.00617. The summed E-state index contributed by atoms with van der Waals surface area (Å²) in [6, 6.07) is 0. The Bertz CT molecular complexity index is 2570. The highest BCUT2D eigenvalue weighted by molar-refractivity contribution is 8.00. The van der Waals surface area contributed by atoms with Gasteiger partial charge in [0.1, 0.15) is 46.9 Å². The Morgan fingerprint density at radius 3 is 1.63 bits per heavy atom. The summed E-state index contributed by atoms with van der Waals surface area (Å²) in [5.74, 6) is -4.45. The maximum Gasteiger partial charge on any atom is 0.342 e. The van der Waals surface area contributed by atoms with Gasteiger partial charge in [0.2, 0.25) is 11.8 Å². The van der Waals surface area contributed by atoms with Gasteiger partial charge in [-0.2, -0.15) is 0 Å². The van der Waals surface area contributed by atoms with Crippen molar-refractivity contribution in [3.05, 3.63) is 45.8 Å². The number of esters is 3. The molecule has 2 aliphatic carbocycles. The van der Waals surface area contributed by atoms with Crippen molar-refractivity contribution in [2.45, 2.75) is 212 Å². The van der Waals surface area contributed by atoms with Gasteiger partial charge in [-0.1, -0.05) is 131 Å². The maximum atomic E-state index is 15.4. The number of hydrogen-bond donors (Lipinski definition) is 5. The first-order valence-corrected chi connectivity index (χ1v) is 31.6. The quantitative estimate of drug-likeness (QED) is 0.0314. The van der Waals surface area contributed by atoms with Crippen molar-refractivity contribution in [1.29, 1.82) is 0 Å². The summed E-state index contributed by atoms with van der Waals surface area (Å²) in [5.41, 5.74) is 1.40. The van der Waals surface area contributed by atoms with E-state index in [0.717, 1.165) is 37.4 Å². The van der Waals surface area contributed by atoms with Gasteiger partial charge in [0.25, 0.3) is 0 Å². The van der Waals surface area contributed by atoms with Gasteiger partial charge < -0.3 is 40.0 Å². The van der Waals surface area contributed by atoms with Gasteiger partial charge in [-0.15, -0.1) is 23.5 Å². The van der Waals surface area contributed by atoms with Crippen LogP contribution in [0.1, 0.15) is 211 Å². The number of aliphatic imine (C=N–C) groups is 1. The van der Waals surface area contributed by atoms with Crippen molar-refractivity contribution < 1.29 is 58.0 Å². The van der Waals surface area contributed by atoms with E-state index in [-0.39, 0.29) is 111 Å². The molecule has 5 N–H and O–H groups in total. The first kappa shape index (κ1) is 69.7. The number of anilines is 1. The third-order valence-corrected chi connectivity index (χ3v) is 18.9. The van der Waals surface area contributed by atoms with Gasteiger partial charge in [-0.3, -0.25) is 19.2 Å². The van der Waals surface area contributed by atoms with Gasteiger partial charge in [-0.25, -0.2) is 19.4 Å². The second-order valence-electron chi connectivity index (χ2n) is 28.4. The number of carboxylic acid groups (broad SMARTS) is 2. The molecule has 0 aromatic carbocycles. The summed E-state index contributed by atoms with van der Waals surface area (Å²) in [5, 5.41) is 23.0. The number of nitrogens with zero attached hydrogens (tertiary/aromatic N) is 1. The Hall–Kier alpha value is -4.84. The van der Waals surface area contributed by atoms with E-state index < -0.39 is 70.8 Å². The fourth-order valence-electron chi connectivity index (χ4n) is 12.1. The molecule has 460 valence electrons. The fourth-order valence-corrected chi connectivity index (χ4v) is 13.8. The number of amidine groups is 1. The molecule has 2 saturated carbocycles. The summed E-state index contributed by atoms with van der Waals surface area (Å²) >= 11 is 2.22. The molecule has 6 atom stereocenters. The van der Waals surface area contributed by atoms with Crippen molar-refractivity contribution in [3.8, 4) is 0 Å². The number of ether oxygens (including phenoxy) is 3. The lowest BCUT2D eigenvalue weighted by atomic mass is 9.59. The number of carbonyl (C=O) groups is 7. The van der Waals surface area contributed by atoms with E-state index in [9.17, 15) is 34.2 Å². The zero-order valence-electron chi connectivity index (χ0n) is 53.0. The molecule has 1 aromatic rings. The predicted octanol–water partition coefficient (Wildman–Crippen LogP) is 13.5. The van der Waals surface area contributed by atoms with Crippen LogP contribution < -0.4 is 10.6 Å². The Balaban J connectivity index is 1.97. The molecule has 82 heavy (non-hydrogen) atoms. The van der Waals surface area contributed by atoms with Crippen LogP contribution in [-0.4, -0.2) is 104 Å². The minimum Gasteiger partial charge on any atom is -0.481 e. The molecule has 18 heteroatoms. The zero-order chi connectivity index (χ0) is 62.3. The smallest absolute Gasteiger partial charge is 0.342 e. The van der Waals surface area contributed by atoms with Crippen LogP contribution >= 0.6 is 23.5 Å². The van der Waals surface area contributed by atoms with Crippen LogP contribution in [-0.2, 0) is 43.0 Å². The van der Waals surface area contributed by atoms with E-state index in [0.29, 0.717) is 40.1 Å². The normalized spacial score (nSPS) is 24.0. The highest BCUT2D eigenvalue weighted by atomic mass is 32.2. The van der Waals surface area contributed by atoms with Gasteiger partial charge in [-0.05, 0) is 114 Å². The number of rotatable bonds is 22. The molecule has 6 unspecified atom stereocenters. The number of aromatic nitrogens is 1. The van der Waals surface area contributed by atoms with E-state index >= 15 is 9.59 Å². The van der Waals surface area contributed by atoms with Crippen LogP contribution in [0.15, 0.2) is 34.0 Å². The third kappa shape index (κ3) is 18.6. The Morgan fingerprint density at radius 1 is 0.720 bits per heavy atom. The number of hydrogen-bond acceptors (Lipinski definition) is 13. The average Bonchev–Trinajstić information content (AvgIpc) is 3.93.